The van der Waals surface area contributed by atoms with Crippen LogP contribution < -0.4 is 0 Å². The summed E-state index contributed by atoms with van der Waals surface area (Å²) in [6.07, 6.45) is 1.77. The highest BCUT2D eigenvalue weighted by Crippen LogP contribution is 2.40. The first-order valence-corrected chi connectivity index (χ1v) is 12.3. The van der Waals surface area contributed by atoms with Gasteiger partial charge in [0, 0.05) is 12.2 Å². The summed E-state index contributed by atoms with van der Waals surface area (Å²) in [6, 6.07) is 27.8. The van der Waals surface area contributed by atoms with Crippen molar-refractivity contribution in [1.29, 1.82) is 0 Å². The van der Waals surface area contributed by atoms with Crippen LogP contribution in [0.2, 0.25) is 0 Å². The number of carbonyl (C=O) groups is 3. The predicted molar refractivity (Wildman–Crippen MR) is 139 cm³/mol. The van der Waals surface area contributed by atoms with Crippen molar-refractivity contribution >= 4 is 30.1 Å². The van der Waals surface area contributed by atoms with Gasteiger partial charge in [0.05, 0.1) is 6.42 Å². The van der Waals surface area contributed by atoms with Crippen LogP contribution in [0.1, 0.15) is 29.2 Å². The van der Waals surface area contributed by atoms with Crippen LogP contribution >= 0.6 is 0 Å². The fourth-order valence-electron chi connectivity index (χ4n) is 4.57. The summed E-state index contributed by atoms with van der Waals surface area (Å²) in [6.45, 7) is 0. The minimum atomic E-state index is -0.976. The van der Waals surface area contributed by atoms with E-state index in [4.69, 9.17) is 18.9 Å². The van der Waals surface area contributed by atoms with Crippen LogP contribution in [-0.2, 0) is 33.3 Å². The van der Waals surface area contributed by atoms with Gasteiger partial charge in [-0.2, -0.15) is 0 Å². The molecule has 2 saturated heterocycles. The molecule has 0 bridgehead atoms. The van der Waals surface area contributed by atoms with Gasteiger partial charge < -0.3 is 18.9 Å². The number of rotatable bonds is 8. The van der Waals surface area contributed by atoms with Gasteiger partial charge in [-0.3, -0.25) is 4.79 Å². The molecule has 7 heteroatoms. The standard InChI is InChI=1S/C31H26O7/c32-25(18-16-21-10-4-1-5-11-21)36-28(23-14-8-3-9-15-23)30-31(29-24(35-30)20-27(34)38-29)37-26(33)19-17-22-12-6-2-7-13-22/h1-19,24,28-31H,20H2/b18-16+,19-17+/t24-,28+,29+,30-,31-/m1/s1. The predicted octanol–water partition coefficient (Wildman–Crippen LogP) is 4.69. The number of carbonyl (C=O) groups excluding carboxylic acids is 3. The van der Waals surface area contributed by atoms with Crippen LogP contribution in [0.5, 0.6) is 0 Å². The monoisotopic (exact) mass is 510 g/mol. The van der Waals surface area contributed by atoms with Crippen molar-refractivity contribution in [1.82, 2.24) is 0 Å². The zero-order valence-corrected chi connectivity index (χ0v) is 20.4. The Morgan fingerprint density at radius 1 is 0.789 bits per heavy atom. The summed E-state index contributed by atoms with van der Waals surface area (Å²) >= 11 is 0. The minimum Gasteiger partial charge on any atom is -0.455 e. The van der Waals surface area contributed by atoms with E-state index < -0.39 is 48.4 Å². The lowest BCUT2D eigenvalue weighted by molar-refractivity contribution is -0.169. The smallest absolute Gasteiger partial charge is 0.331 e. The molecule has 0 N–H and O–H groups in total. The average Bonchev–Trinajstić information content (AvgIpc) is 3.47. The van der Waals surface area contributed by atoms with Gasteiger partial charge in [0.1, 0.15) is 12.2 Å². The van der Waals surface area contributed by atoms with Crippen molar-refractivity contribution in [2.75, 3.05) is 0 Å². The van der Waals surface area contributed by atoms with Crippen molar-refractivity contribution in [3.05, 3.63) is 120 Å². The van der Waals surface area contributed by atoms with Crippen molar-refractivity contribution < 1.29 is 33.3 Å². The molecule has 2 aliphatic rings. The normalized spacial score (nSPS) is 23.2. The average molecular weight is 511 g/mol. The van der Waals surface area contributed by atoms with Gasteiger partial charge >= 0.3 is 17.9 Å². The molecule has 0 unspecified atom stereocenters. The molecule has 0 aromatic heterocycles. The molecule has 5 atom stereocenters. The summed E-state index contributed by atoms with van der Waals surface area (Å²) in [4.78, 5) is 37.7. The van der Waals surface area contributed by atoms with E-state index in [1.54, 1.807) is 24.3 Å². The molecule has 3 aromatic rings. The van der Waals surface area contributed by atoms with Crippen LogP contribution in [-0.4, -0.2) is 42.3 Å². The number of fused-ring (bicyclic) bond motifs is 1. The third-order valence-corrected chi connectivity index (χ3v) is 6.33. The topological polar surface area (TPSA) is 88.1 Å². The molecule has 0 amide bonds. The second kappa shape index (κ2) is 11.7. The zero-order chi connectivity index (χ0) is 26.3. The Kier molecular flexibility index (Phi) is 7.75. The van der Waals surface area contributed by atoms with Crippen LogP contribution in [0.3, 0.4) is 0 Å². The van der Waals surface area contributed by atoms with Gasteiger partial charge in [0.15, 0.2) is 18.3 Å². The van der Waals surface area contributed by atoms with Crippen LogP contribution in [0.25, 0.3) is 12.2 Å². The van der Waals surface area contributed by atoms with Crippen LogP contribution in [0.15, 0.2) is 103 Å². The highest BCUT2D eigenvalue weighted by atomic mass is 16.7. The molecule has 192 valence electrons. The Hall–Kier alpha value is -4.49. The first-order chi connectivity index (χ1) is 18.6. The fraction of sp³-hybridized carbons (Fsp3) is 0.194. The maximum atomic E-state index is 12.9. The van der Waals surface area contributed by atoms with E-state index in [1.807, 2.05) is 78.9 Å². The molecule has 0 saturated carbocycles. The van der Waals surface area contributed by atoms with Gasteiger partial charge in [-0.15, -0.1) is 0 Å². The number of hydrogen-bond acceptors (Lipinski definition) is 7. The Labute approximate surface area is 220 Å². The number of hydrogen-bond donors (Lipinski definition) is 0. The van der Waals surface area contributed by atoms with E-state index in [2.05, 4.69) is 0 Å². The first kappa shape index (κ1) is 25.2. The summed E-state index contributed by atoms with van der Waals surface area (Å²) in [7, 11) is 0. The molecule has 2 fully saturated rings. The molecule has 3 aromatic carbocycles. The lowest BCUT2D eigenvalue weighted by Crippen LogP contribution is -2.40. The van der Waals surface area contributed by atoms with Crippen molar-refractivity contribution in [2.45, 2.75) is 36.9 Å². The maximum Gasteiger partial charge on any atom is 0.331 e. The highest BCUT2D eigenvalue weighted by molar-refractivity contribution is 5.88. The van der Waals surface area contributed by atoms with Crippen molar-refractivity contribution in [3.8, 4) is 0 Å². The van der Waals surface area contributed by atoms with E-state index in [0.717, 1.165) is 11.1 Å². The second-order valence-corrected chi connectivity index (χ2v) is 8.96. The van der Waals surface area contributed by atoms with Crippen LogP contribution in [0, 0.1) is 0 Å². The molecule has 7 nitrogen and oxygen atoms in total. The quantitative estimate of drug-likeness (QED) is 0.247. The van der Waals surface area contributed by atoms with Crippen molar-refractivity contribution in [3.63, 3.8) is 0 Å². The maximum absolute atomic E-state index is 12.9. The molecular formula is C31H26O7. The molecule has 0 aliphatic carbocycles. The summed E-state index contributed by atoms with van der Waals surface area (Å²) in [5.74, 6) is -1.65. The number of benzene rings is 3. The van der Waals surface area contributed by atoms with Gasteiger partial charge in [-0.1, -0.05) is 91.0 Å². The van der Waals surface area contributed by atoms with E-state index in [9.17, 15) is 14.4 Å². The second-order valence-electron chi connectivity index (χ2n) is 8.96. The summed E-state index contributed by atoms with van der Waals surface area (Å²) < 4.78 is 23.3. The highest BCUT2D eigenvalue weighted by Gasteiger charge is 2.57. The molecule has 0 radical (unpaired) electrons. The van der Waals surface area contributed by atoms with Gasteiger partial charge in [0.25, 0.3) is 0 Å². The lowest BCUT2D eigenvalue weighted by Gasteiger charge is -2.28. The minimum absolute atomic E-state index is 0.0262. The molecule has 5 rings (SSSR count). The molecule has 2 heterocycles. The molecule has 0 spiro atoms. The van der Waals surface area contributed by atoms with E-state index >= 15 is 0 Å². The zero-order valence-electron chi connectivity index (χ0n) is 20.4. The van der Waals surface area contributed by atoms with Gasteiger partial charge in [-0.05, 0) is 28.8 Å². The first-order valence-electron chi connectivity index (χ1n) is 12.3. The number of ether oxygens (including phenoxy) is 4. The largest absolute Gasteiger partial charge is 0.455 e. The van der Waals surface area contributed by atoms with Crippen LogP contribution in [0.4, 0.5) is 0 Å². The van der Waals surface area contributed by atoms with Crippen molar-refractivity contribution in [2.24, 2.45) is 0 Å². The lowest BCUT2D eigenvalue weighted by atomic mass is 9.98. The Morgan fingerprint density at radius 2 is 1.34 bits per heavy atom. The molecule has 2 aliphatic heterocycles. The third-order valence-electron chi connectivity index (χ3n) is 6.33. The number of esters is 3. The SMILES string of the molecule is O=C(/C=C/c1ccccc1)O[C@@H]1[C@H]2OC(=O)C[C@H]2O[C@@H]1[C@@H](OC(=O)/C=C/c1ccccc1)c1ccccc1. The Morgan fingerprint density at radius 3 is 1.95 bits per heavy atom. The van der Waals surface area contributed by atoms with E-state index in [0.29, 0.717) is 5.56 Å². The Bertz CT molecular complexity index is 1320. The van der Waals surface area contributed by atoms with E-state index in [-0.39, 0.29) is 6.42 Å². The van der Waals surface area contributed by atoms with Gasteiger partial charge in [-0.25, -0.2) is 9.59 Å². The summed E-state index contributed by atoms with van der Waals surface area (Å²) in [5, 5.41) is 0. The van der Waals surface area contributed by atoms with E-state index in [1.165, 1.54) is 12.2 Å². The molecular weight excluding hydrogens is 484 g/mol. The van der Waals surface area contributed by atoms with Gasteiger partial charge in [0.2, 0.25) is 0 Å². The Balaban J connectivity index is 1.38. The third kappa shape index (κ3) is 6.07. The summed E-state index contributed by atoms with van der Waals surface area (Å²) in [5.41, 5.74) is 2.33. The fourth-order valence-corrected chi connectivity index (χ4v) is 4.57. The molecule has 38 heavy (non-hydrogen) atoms.